The van der Waals surface area contributed by atoms with E-state index in [9.17, 15) is 4.79 Å². The second-order valence-electron chi connectivity index (χ2n) is 6.15. The summed E-state index contributed by atoms with van der Waals surface area (Å²) >= 11 is 0. The van der Waals surface area contributed by atoms with Crippen LogP contribution in [0.5, 0.6) is 0 Å². The van der Waals surface area contributed by atoms with Gasteiger partial charge in [0, 0.05) is 19.3 Å². The lowest BCUT2D eigenvalue weighted by Gasteiger charge is -2.23. The van der Waals surface area contributed by atoms with Gasteiger partial charge in [0.25, 0.3) is 0 Å². The lowest BCUT2D eigenvalue weighted by molar-refractivity contribution is -0.115. The highest BCUT2D eigenvalue weighted by Crippen LogP contribution is 2.22. The Morgan fingerprint density at radius 2 is 2.09 bits per heavy atom. The van der Waals surface area contributed by atoms with Gasteiger partial charge < -0.3 is 5.32 Å². The molecule has 0 saturated heterocycles. The summed E-state index contributed by atoms with van der Waals surface area (Å²) in [6.45, 7) is 8.40. The van der Waals surface area contributed by atoms with Crippen LogP contribution in [0, 0.1) is 19.8 Å². The third-order valence-corrected chi connectivity index (χ3v) is 3.76. The Morgan fingerprint density at radius 1 is 1.35 bits per heavy atom. The third kappa shape index (κ3) is 4.39. The lowest BCUT2D eigenvalue weighted by atomic mass is 9.97. The van der Waals surface area contributed by atoms with E-state index in [0.717, 1.165) is 17.0 Å². The molecule has 0 aliphatic carbocycles. The van der Waals surface area contributed by atoms with Gasteiger partial charge in [-0.25, -0.2) is 0 Å². The summed E-state index contributed by atoms with van der Waals surface area (Å²) in [7, 11) is 1.81. The standard InChI is InChI=1S/C17H25N5O/c1-11(2)16(17-12(3)7-6-8-18-17)19-10-15(23)20-14-9-13(4)21-22(14)5/h6-9,11,16,19H,10H2,1-5H3,(H,20,23). The molecule has 0 aliphatic rings. The molecule has 1 atom stereocenters. The van der Waals surface area contributed by atoms with Gasteiger partial charge in [-0.2, -0.15) is 5.10 Å². The Labute approximate surface area is 137 Å². The minimum atomic E-state index is -0.0905. The molecule has 6 nitrogen and oxygen atoms in total. The fourth-order valence-electron chi connectivity index (χ4n) is 2.59. The molecule has 1 unspecified atom stereocenters. The normalized spacial score (nSPS) is 12.4. The van der Waals surface area contributed by atoms with Gasteiger partial charge in [-0.15, -0.1) is 0 Å². The van der Waals surface area contributed by atoms with Gasteiger partial charge in [-0.3, -0.25) is 19.8 Å². The van der Waals surface area contributed by atoms with Crippen LogP contribution in [-0.4, -0.2) is 27.2 Å². The predicted molar refractivity (Wildman–Crippen MR) is 91.1 cm³/mol. The first kappa shape index (κ1) is 17.1. The van der Waals surface area contributed by atoms with E-state index < -0.39 is 0 Å². The molecule has 2 aromatic heterocycles. The van der Waals surface area contributed by atoms with E-state index in [0.29, 0.717) is 11.7 Å². The second-order valence-corrected chi connectivity index (χ2v) is 6.15. The fraction of sp³-hybridized carbons (Fsp3) is 0.471. The smallest absolute Gasteiger partial charge is 0.239 e. The van der Waals surface area contributed by atoms with Gasteiger partial charge in [0.2, 0.25) is 5.91 Å². The summed E-state index contributed by atoms with van der Waals surface area (Å²) in [5.41, 5.74) is 2.99. The van der Waals surface area contributed by atoms with Crippen molar-refractivity contribution >= 4 is 11.7 Å². The van der Waals surface area contributed by atoms with Crippen LogP contribution in [0.4, 0.5) is 5.82 Å². The zero-order valence-corrected chi connectivity index (χ0v) is 14.4. The molecule has 23 heavy (non-hydrogen) atoms. The molecule has 0 fully saturated rings. The lowest BCUT2D eigenvalue weighted by Crippen LogP contribution is -2.34. The van der Waals surface area contributed by atoms with Crippen molar-refractivity contribution in [2.24, 2.45) is 13.0 Å². The Bertz CT molecular complexity index is 677. The number of aromatic nitrogens is 3. The van der Waals surface area contributed by atoms with E-state index in [2.05, 4.69) is 34.6 Å². The highest BCUT2D eigenvalue weighted by Gasteiger charge is 2.19. The number of hydrogen-bond acceptors (Lipinski definition) is 4. The van der Waals surface area contributed by atoms with E-state index >= 15 is 0 Å². The Balaban J connectivity index is 2.00. The van der Waals surface area contributed by atoms with Crippen molar-refractivity contribution in [3.63, 3.8) is 0 Å². The highest BCUT2D eigenvalue weighted by atomic mass is 16.2. The van der Waals surface area contributed by atoms with Crippen LogP contribution in [0.1, 0.15) is 36.8 Å². The summed E-state index contributed by atoms with van der Waals surface area (Å²) < 4.78 is 1.66. The van der Waals surface area contributed by atoms with Crippen LogP contribution in [0.25, 0.3) is 0 Å². The quantitative estimate of drug-likeness (QED) is 0.858. The largest absolute Gasteiger partial charge is 0.310 e. The zero-order valence-electron chi connectivity index (χ0n) is 14.4. The summed E-state index contributed by atoms with van der Waals surface area (Å²) in [6.07, 6.45) is 1.79. The number of pyridine rings is 1. The van der Waals surface area contributed by atoms with Crippen molar-refractivity contribution in [1.82, 2.24) is 20.1 Å². The van der Waals surface area contributed by atoms with Crippen molar-refractivity contribution in [1.29, 1.82) is 0 Å². The molecule has 0 aromatic carbocycles. The summed E-state index contributed by atoms with van der Waals surface area (Å²) in [4.78, 5) is 16.7. The van der Waals surface area contributed by atoms with Crippen LogP contribution in [0.2, 0.25) is 0 Å². The van der Waals surface area contributed by atoms with E-state index in [4.69, 9.17) is 0 Å². The highest BCUT2D eigenvalue weighted by molar-refractivity contribution is 5.91. The first-order valence-electron chi connectivity index (χ1n) is 7.84. The van der Waals surface area contributed by atoms with Gasteiger partial charge in [0.1, 0.15) is 5.82 Å². The first-order chi connectivity index (χ1) is 10.9. The molecule has 1 amide bonds. The molecular weight excluding hydrogens is 290 g/mol. The van der Waals surface area contributed by atoms with Crippen LogP contribution >= 0.6 is 0 Å². The van der Waals surface area contributed by atoms with Crippen molar-refractivity contribution in [2.45, 2.75) is 33.7 Å². The van der Waals surface area contributed by atoms with Crippen LogP contribution in [0.3, 0.4) is 0 Å². The number of aryl methyl sites for hydroxylation is 3. The molecule has 0 saturated carbocycles. The predicted octanol–water partition coefficient (Wildman–Crippen LogP) is 2.36. The number of hydrogen-bond donors (Lipinski definition) is 2. The van der Waals surface area contributed by atoms with Crippen LogP contribution in [0.15, 0.2) is 24.4 Å². The Hall–Kier alpha value is -2.21. The second kappa shape index (κ2) is 7.37. The van der Waals surface area contributed by atoms with Gasteiger partial charge in [0.05, 0.1) is 24.0 Å². The maximum atomic E-state index is 12.2. The van der Waals surface area contributed by atoms with Crippen LogP contribution < -0.4 is 10.6 Å². The van der Waals surface area contributed by atoms with Crippen LogP contribution in [-0.2, 0) is 11.8 Å². The summed E-state index contributed by atoms with van der Waals surface area (Å²) in [6, 6.07) is 5.85. The number of nitrogens with one attached hydrogen (secondary N) is 2. The van der Waals surface area contributed by atoms with E-state index in [1.54, 1.807) is 10.9 Å². The van der Waals surface area contributed by atoms with E-state index in [-0.39, 0.29) is 18.5 Å². The molecule has 0 bridgehead atoms. The van der Waals surface area contributed by atoms with E-state index in [1.807, 2.05) is 39.1 Å². The van der Waals surface area contributed by atoms with Crippen molar-refractivity contribution in [3.05, 3.63) is 41.3 Å². The van der Waals surface area contributed by atoms with Crippen molar-refractivity contribution in [3.8, 4) is 0 Å². The molecular formula is C17H25N5O. The minimum absolute atomic E-state index is 0.0372. The molecule has 2 aromatic rings. The molecule has 0 radical (unpaired) electrons. The summed E-state index contributed by atoms with van der Waals surface area (Å²) in [5.74, 6) is 0.937. The Morgan fingerprint density at radius 3 is 2.65 bits per heavy atom. The average Bonchev–Trinajstić information content (AvgIpc) is 2.78. The SMILES string of the molecule is Cc1cc(NC(=O)CNC(c2ncccc2C)C(C)C)n(C)n1. The maximum Gasteiger partial charge on any atom is 0.239 e. The number of nitrogens with zero attached hydrogens (tertiary/aromatic N) is 3. The molecule has 2 rings (SSSR count). The van der Waals surface area contributed by atoms with E-state index in [1.165, 1.54) is 0 Å². The monoisotopic (exact) mass is 315 g/mol. The van der Waals surface area contributed by atoms with Gasteiger partial charge in [-0.05, 0) is 31.4 Å². The number of carbonyl (C=O) groups is 1. The molecule has 6 heteroatoms. The first-order valence-corrected chi connectivity index (χ1v) is 7.84. The number of rotatable bonds is 6. The van der Waals surface area contributed by atoms with Gasteiger partial charge >= 0.3 is 0 Å². The fourth-order valence-corrected chi connectivity index (χ4v) is 2.59. The molecule has 2 N–H and O–H groups in total. The number of anilines is 1. The summed E-state index contributed by atoms with van der Waals surface area (Å²) in [5, 5.41) is 10.4. The van der Waals surface area contributed by atoms with Gasteiger partial charge in [0.15, 0.2) is 0 Å². The Kier molecular flexibility index (Phi) is 5.50. The molecule has 0 aliphatic heterocycles. The molecule has 0 spiro atoms. The topological polar surface area (TPSA) is 71.8 Å². The van der Waals surface area contributed by atoms with Crippen molar-refractivity contribution in [2.75, 3.05) is 11.9 Å². The zero-order chi connectivity index (χ0) is 17.0. The molecule has 2 heterocycles. The maximum absolute atomic E-state index is 12.2. The minimum Gasteiger partial charge on any atom is -0.310 e. The third-order valence-electron chi connectivity index (χ3n) is 3.76. The number of amides is 1. The molecule has 124 valence electrons. The van der Waals surface area contributed by atoms with Crippen molar-refractivity contribution < 1.29 is 4.79 Å². The number of carbonyl (C=O) groups excluding carboxylic acids is 1. The van der Waals surface area contributed by atoms with Gasteiger partial charge in [-0.1, -0.05) is 19.9 Å². The average molecular weight is 315 g/mol.